The van der Waals surface area contributed by atoms with E-state index in [-0.39, 0.29) is 0 Å². The van der Waals surface area contributed by atoms with Crippen molar-refractivity contribution in [2.75, 3.05) is 0 Å². The summed E-state index contributed by atoms with van der Waals surface area (Å²) in [6, 6.07) is 15.8. The van der Waals surface area contributed by atoms with E-state index < -0.39 is 0 Å². The van der Waals surface area contributed by atoms with E-state index in [9.17, 15) is 0 Å². The Kier molecular flexibility index (Phi) is 5.90. The van der Waals surface area contributed by atoms with Gasteiger partial charge in [-0.25, -0.2) is 9.67 Å². The molecule has 0 fully saturated rings. The molecule has 160 valence electrons. The smallest absolute Gasteiger partial charge is 0.231 e. The number of thioether (sulfide) groups is 1. The van der Waals surface area contributed by atoms with E-state index in [2.05, 4.69) is 57.4 Å². The molecule has 0 saturated heterocycles. The van der Waals surface area contributed by atoms with E-state index >= 15 is 0 Å². The van der Waals surface area contributed by atoms with E-state index in [0.29, 0.717) is 17.4 Å². The van der Waals surface area contributed by atoms with Crippen LogP contribution in [0.1, 0.15) is 16.3 Å². The van der Waals surface area contributed by atoms with Crippen LogP contribution in [0.2, 0.25) is 0 Å². The number of benzene rings is 2. The minimum absolute atomic E-state index is 0.567. The minimum atomic E-state index is 0.567. The molecule has 32 heavy (non-hydrogen) atoms. The molecule has 5 aromatic rings. The Balaban J connectivity index is 1.48. The number of rotatable bonds is 6. The minimum Gasteiger partial charge on any atom is -0.438 e. The number of aromatic nitrogens is 6. The van der Waals surface area contributed by atoms with Crippen LogP contribution < -0.4 is 4.74 Å². The Morgan fingerprint density at radius 1 is 1.09 bits per heavy atom. The Hall–Kier alpha value is -2.82. The van der Waals surface area contributed by atoms with Crippen LogP contribution >= 0.6 is 39.0 Å². The quantitative estimate of drug-likeness (QED) is 0.247. The Morgan fingerprint density at radius 3 is 2.72 bits per heavy atom. The highest BCUT2D eigenvalue weighted by Gasteiger charge is 2.17. The zero-order valence-electron chi connectivity index (χ0n) is 17.2. The van der Waals surface area contributed by atoms with Crippen LogP contribution in [0.25, 0.3) is 15.9 Å². The van der Waals surface area contributed by atoms with E-state index in [1.807, 2.05) is 36.4 Å². The topological polar surface area (TPSA) is 78.6 Å². The summed E-state index contributed by atoms with van der Waals surface area (Å²) in [5, 5.41) is 12.3. The average molecular weight is 525 g/mol. The van der Waals surface area contributed by atoms with Gasteiger partial charge in [-0.05, 0) is 66.2 Å². The number of hydrogen-bond acceptors (Lipinski definition) is 8. The number of fused-ring (bicyclic) bond motifs is 1. The van der Waals surface area contributed by atoms with Gasteiger partial charge in [0.1, 0.15) is 22.7 Å². The average Bonchev–Trinajstić information content (AvgIpc) is 3.42. The first-order valence-corrected chi connectivity index (χ1v) is 12.3. The van der Waals surface area contributed by atoms with Gasteiger partial charge in [0.2, 0.25) is 5.88 Å². The van der Waals surface area contributed by atoms with Gasteiger partial charge in [-0.15, -0.1) is 28.2 Å². The molecule has 0 aliphatic heterocycles. The second-order valence-electron chi connectivity index (χ2n) is 7.00. The van der Waals surface area contributed by atoms with Crippen molar-refractivity contribution in [3.8, 4) is 17.3 Å². The summed E-state index contributed by atoms with van der Waals surface area (Å²) >= 11 is 6.84. The van der Waals surface area contributed by atoms with Crippen LogP contribution in [0.5, 0.6) is 11.6 Å². The number of halogens is 1. The summed E-state index contributed by atoms with van der Waals surface area (Å²) < 4.78 is 8.94. The van der Waals surface area contributed by atoms with Crippen LogP contribution in [0, 0.1) is 13.8 Å². The van der Waals surface area contributed by atoms with Crippen molar-refractivity contribution >= 4 is 49.2 Å². The van der Waals surface area contributed by atoms with Crippen LogP contribution in [-0.2, 0) is 5.75 Å². The molecule has 0 spiro atoms. The molecule has 0 unspecified atom stereocenters. The fourth-order valence-electron chi connectivity index (χ4n) is 3.15. The lowest BCUT2D eigenvalue weighted by molar-refractivity contribution is 0.466. The van der Waals surface area contributed by atoms with Gasteiger partial charge in [-0.2, -0.15) is 4.98 Å². The maximum Gasteiger partial charge on any atom is 0.231 e. The number of thiophene rings is 1. The molecular formula is C22H17BrN6OS2. The molecule has 0 radical (unpaired) electrons. The summed E-state index contributed by atoms with van der Waals surface area (Å²) in [5.74, 6) is 2.61. The first-order chi connectivity index (χ1) is 15.6. The normalized spacial score (nSPS) is 11.2. The van der Waals surface area contributed by atoms with Crippen LogP contribution in [0.3, 0.4) is 0 Å². The fraction of sp³-hybridized carbons (Fsp3) is 0.136. The number of tetrazole rings is 1. The first kappa shape index (κ1) is 21.0. The van der Waals surface area contributed by atoms with Gasteiger partial charge >= 0.3 is 0 Å². The zero-order valence-corrected chi connectivity index (χ0v) is 20.4. The SMILES string of the molecule is Cc1sc2nc(CSc3ccc(Br)cc3)nc(Oc3cccc(-n4cnnn4)c3)c2c1C. The molecule has 7 nitrogen and oxygen atoms in total. The predicted octanol–water partition coefficient (Wildman–Crippen LogP) is 6.13. The molecule has 0 amide bonds. The van der Waals surface area contributed by atoms with Crippen LogP contribution in [0.4, 0.5) is 0 Å². The molecule has 0 atom stereocenters. The van der Waals surface area contributed by atoms with Crippen molar-refractivity contribution in [1.29, 1.82) is 0 Å². The monoisotopic (exact) mass is 524 g/mol. The van der Waals surface area contributed by atoms with Gasteiger partial charge in [0.15, 0.2) is 0 Å². The standard InChI is InChI=1S/C22H17BrN6OS2/c1-13-14(2)32-22-20(13)21(25-19(26-22)11-31-18-8-6-15(23)7-9-18)30-17-5-3-4-16(10-17)29-12-24-27-28-29/h3-10,12H,11H2,1-2H3. The molecule has 0 bridgehead atoms. The lowest BCUT2D eigenvalue weighted by atomic mass is 10.2. The summed E-state index contributed by atoms with van der Waals surface area (Å²) in [4.78, 5) is 12.9. The number of hydrogen-bond donors (Lipinski definition) is 0. The summed E-state index contributed by atoms with van der Waals surface area (Å²) in [5.41, 5.74) is 1.95. The Bertz CT molecular complexity index is 1390. The number of ether oxygens (including phenoxy) is 1. The summed E-state index contributed by atoms with van der Waals surface area (Å²) in [6.07, 6.45) is 1.55. The van der Waals surface area contributed by atoms with Gasteiger partial charge in [-0.3, -0.25) is 0 Å². The molecular weight excluding hydrogens is 508 g/mol. The van der Waals surface area contributed by atoms with Crippen molar-refractivity contribution in [3.05, 3.63) is 75.6 Å². The van der Waals surface area contributed by atoms with Crippen LogP contribution in [-0.4, -0.2) is 30.2 Å². The zero-order chi connectivity index (χ0) is 22.1. The van der Waals surface area contributed by atoms with E-state index in [0.717, 1.165) is 36.7 Å². The van der Waals surface area contributed by atoms with Crippen molar-refractivity contribution in [3.63, 3.8) is 0 Å². The molecule has 0 N–H and O–H groups in total. The van der Waals surface area contributed by atoms with Crippen molar-refractivity contribution in [2.24, 2.45) is 0 Å². The van der Waals surface area contributed by atoms with Gasteiger partial charge in [0.05, 0.1) is 16.8 Å². The summed E-state index contributed by atoms with van der Waals surface area (Å²) in [7, 11) is 0. The molecule has 0 aliphatic carbocycles. The molecule has 5 rings (SSSR count). The van der Waals surface area contributed by atoms with Crippen molar-refractivity contribution in [1.82, 2.24) is 30.2 Å². The van der Waals surface area contributed by atoms with Crippen LogP contribution in [0.15, 0.2) is 64.2 Å². The van der Waals surface area contributed by atoms with E-state index in [1.165, 1.54) is 4.88 Å². The second kappa shape index (κ2) is 8.97. The number of aryl methyl sites for hydroxylation is 2. The lowest BCUT2D eigenvalue weighted by Gasteiger charge is -2.10. The number of nitrogens with zero attached hydrogens (tertiary/aromatic N) is 6. The third-order valence-corrected chi connectivity index (χ3v) is 7.51. The highest BCUT2D eigenvalue weighted by atomic mass is 79.9. The molecule has 3 heterocycles. The molecule has 3 aromatic heterocycles. The third-order valence-electron chi connectivity index (χ3n) is 4.87. The molecule has 0 saturated carbocycles. The highest BCUT2D eigenvalue weighted by molar-refractivity contribution is 9.10. The maximum absolute atomic E-state index is 6.29. The van der Waals surface area contributed by atoms with Gasteiger partial charge < -0.3 is 4.74 Å². The van der Waals surface area contributed by atoms with Crippen molar-refractivity contribution in [2.45, 2.75) is 24.5 Å². The summed E-state index contributed by atoms with van der Waals surface area (Å²) in [6.45, 7) is 4.18. The predicted molar refractivity (Wildman–Crippen MR) is 130 cm³/mol. The first-order valence-electron chi connectivity index (χ1n) is 9.73. The van der Waals surface area contributed by atoms with Gasteiger partial charge in [0, 0.05) is 20.3 Å². The van der Waals surface area contributed by atoms with E-state index in [4.69, 9.17) is 14.7 Å². The van der Waals surface area contributed by atoms with Crippen molar-refractivity contribution < 1.29 is 4.74 Å². The van der Waals surface area contributed by atoms with Gasteiger partial charge in [-0.1, -0.05) is 22.0 Å². The largest absolute Gasteiger partial charge is 0.438 e. The molecule has 10 heteroatoms. The molecule has 2 aromatic carbocycles. The highest BCUT2D eigenvalue weighted by Crippen LogP contribution is 2.37. The Labute approximate surface area is 201 Å². The fourth-order valence-corrected chi connectivity index (χ4v) is 5.21. The Morgan fingerprint density at radius 2 is 1.94 bits per heavy atom. The second-order valence-corrected chi connectivity index (χ2v) is 10.2. The van der Waals surface area contributed by atoms with E-state index in [1.54, 1.807) is 34.1 Å². The third kappa shape index (κ3) is 4.38. The molecule has 0 aliphatic rings. The lowest BCUT2D eigenvalue weighted by Crippen LogP contribution is -1.99. The maximum atomic E-state index is 6.29. The van der Waals surface area contributed by atoms with Gasteiger partial charge in [0.25, 0.3) is 0 Å².